The molecule has 2 aliphatic rings. The van der Waals surface area contributed by atoms with Crippen LogP contribution in [0.25, 0.3) is 0 Å². The van der Waals surface area contributed by atoms with Crippen LogP contribution in [0.3, 0.4) is 0 Å². The molecular formula is C25H30O2. The van der Waals surface area contributed by atoms with E-state index < -0.39 is 0 Å². The molecule has 0 bridgehead atoms. The van der Waals surface area contributed by atoms with Crippen molar-refractivity contribution in [2.24, 2.45) is 0 Å². The van der Waals surface area contributed by atoms with Gasteiger partial charge in [0.25, 0.3) is 0 Å². The maximum Gasteiger partial charge on any atom is 0.338 e. The molecule has 2 nitrogen and oxygen atoms in total. The second-order valence-corrected chi connectivity index (χ2v) is 8.11. The maximum absolute atomic E-state index is 11.8. The van der Waals surface area contributed by atoms with Crippen molar-refractivity contribution in [2.75, 3.05) is 6.61 Å². The Hall–Kier alpha value is -2.09. The molecule has 0 heterocycles. The van der Waals surface area contributed by atoms with E-state index in [2.05, 4.69) is 24.3 Å². The van der Waals surface area contributed by atoms with Gasteiger partial charge in [-0.2, -0.15) is 0 Å². The molecule has 0 saturated heterocycles. The van der Waals surface area contributed by atoms with Crippen molar-refractivity contribution >= 4 is 5.97 Å². The van der Waals surface area contributed by atoms with E-state index in [0.717, 1.165) is 12.3 Å². The van der Waals surface area contributed by atoms with Crippen molar-refractivity contribution in [3.05, 3.63) is 69.8 Å². The zero-order valence-corrected chi connectivity index (χ0v) is 16.4. The molecule has 0 fully saturated rings. The van der Waals surface area contributed by atoms with Gasteiger partial charge in [-0.1, -0.05) is 37.1 Å². The highest BCUT2D eigenvalue weighted by molar-refractivity contribution is 5.89. The van der Waals surface area contributed by atoms with Crippen LogP contribution >= 0.6 is 0 Å². The molecule has 2 heteroatoms. The average Bonchev–Trinajstić information content (AvgIpc) is 3.00. The first kappa shape index (κ1) is 18.3. The minimum atomic E-state index is -0.235. The van der Waals surface area contributed by atoms with Crippen LogP contribution in [0.5, 0.6) is 0 Å². The molecule has 0 spiro atoms. The number of esters is 1. The van der Waals surface area contributed by atoms with Crippen LogP contribution in [0.4, 0.5) is 0 Å². The van der Waals surface area contributed by atoms with Gasteiger partial charge in [-0.3, -0.25) is 0 Å². The smallest absolute Gasteiger partial charge is 0.338 e. The number of ether oxygens (including phenoxy) is 1. The summed E-state index contributed by atoms with van der Waals surface area (Å²) < 4.78 is 5.08. The van der Waals surface area contributed by atoms with Gasteiger partial charge in [-0.05, 0) is 97.7 Å². The predicted molar refractivity (Wildman–Crippen MR) is 109 cm³/mol. The second-order valence-electron chi connectivity index (χ2n) is 8.11. The Labute approximate surface area is 162 Å². The van der Waals surface area contributed by atoms with Crippen LogP contribution in [-0.4, -0.2) is 12.6 Å². The highest BCUT2D eigenvalue weighted by Gasteiger charge is 2.24. The molecule has 0 amide bonds. The Bertz CT molecular complexity index is 771. The van der Waals surface area contributed by atoms with Gasteiger partial charge in [-0.15, -0.1) is 0 Å². The van der Waals surface area contributed by atoms with E-state index in [1.165, 1.54) is 62.5 Å². The van der Waals surface area contributed by atoms with Gasteiger partial charge in [0.05, 0.1) is 12.2 Å². The van der Waals surface area contributed by atoms with Gasteiger partial charge < -0.3 is 4.74 Å². The lowest BCUT2D eigenvalue weighted by Crippen LogP contribution is -2.05. The first-order valence-electron chi connectivity index (χ1n) is 10.6. The summed E-state index contributed by atoms with van der Waals surface area (Å²) in [5.41, 5.74) is 8.28. The fourth-order valence-corrected chi connectivity index (χ4v) is 4.95. The lowest BCUT2D eigenvalue weighted by atomic mass is 9.85. The van der Waals surface area contributed by atoms with Gasteiger partial charge >= 0.3 is 5.97 Å². The van der Waals surface area contributed by atoms with Crippen molar-refractivity contribution in [3.8, 4) is 0 Å². The molecule has 0 atom stereocenters. The molecule has 0 aromatic heterocycles. The van der Waals surface area contributed by atoms with Crippen LogP contribution in [0.1, 0.15) is 89.5 Å². The molecule has 0 unspecified atom stereocenters. The summed E-state index contributed by atoms with van der Waals surface area (Å²) in [4.78, 5) is 11.8. The van der Waals surface area contributed by atoms with Crippen LogP contribution in [0, 0.1) is 0 Å². The summed E-state index contributed by atoms with van der Waals surface area (Å²) in [6, 6.07) is 12.9. The second kappa shape index (κ2) is 8.29. The number of benzene rings is 2. The summed E-state index contributed by atoms with van der Waals surface area (Å²) in [5, 5.41) is 0. The average molecular weight is 363 g/mol. The Morgan fingerprint density at radius 1 is 0.926 bits per heavy atom. The Morgan fingerprint density at radius 2 is 1.56 bits per heavy atom. The zero-order valence-electron chi connectivity index (χ0n) is 16.4. The lowest BCUT2D eigenvalue weighted by molar-refractivity contribution is 0.0526. The third kappa shape index (κ3) is 4.10. The van der Waals surface area contributed by atoms with E-state index in [1.807, 2.05) is 19.1 Å². The van der Waals surface area contributed by atoms with Crippen molar-refractivity contribution in [1.29, 1.82) is 0 Å². The standard InChI is InChI=1S/C25H30O2/c1-2-27-25(26)21-13-11-18(12-14-21)15-19-16-22-9-5-3-7-20-8-4-6-10-23(17-19)24(20)22/h11-14,16-17,20H,2-10,15H2,1H3. The lowest BCUT2D eigenvalue weighted by Gasteiger charge is -2.20. The van der Waals surface area contributed by atoms with Gasteiger partial charge in [0, 0.05) is 0 Å². The molecule has 2 aliphatic carbocycles. The highest BCUT2D eigenvalue weighted by Crippen LogP contribution is 2.40. The van der Waals surface area contributed by atoms with Crippen molar-refractivity contribution in [1.82, 2.24) is 0 Å². The number of hydrogen-bond donors (Lipinski definition) is 0. The fraction of sp³-hybridized carbons (Fsp3) is 0.480. The molecule has 2 aromatic carbocycles. The molecule has 0 N–H and O–H groups in total. The van der Waals surface area contributed by atoms with E-state index >= 15 is 0 Å². The monoisotopic (exact) mass is 362 g/mol. The molecular weight excluding hydrogens is 332 g/mol. The molecule has 27 heavy (non-hydrogen) atoms. The topological polar surface area (TPSA) is 26.3 Å². The Morgan fingerprint density at radius 3 is 2.15 bits per heavy atom. The van der Waals surface area contributed by atoms with E-state index in [0.29, 0.717) is 12.2 Å². The SMILES string of the molecule is CCOC(=O)c1ccc(Cc2cc3c4c(c2)CCCCC4CCCC3)cc1. The van der Waals surface area contributed by atoms with Crippen molar-refractivity contribution in [3.63, 3.8) is 0 Å². The third-order valence-corrected chi connectivity index (χ3v) is 6.19. The van der Waals surface area contributed by atoms with E-state index in [4.69, 9.17) is 4.74 Å². The van der Waals surface area contributed by atoms with Crippen LogP contribution in [0.2, 0.25) is 0 Å². The third-order valence-electron chi connectivity index (χ3n) is 6.19. The van der Waals surface area contributed by atoms with Gasteiger partial charge in [0.15, 0.2) is 0 Å². The van der Waals surface area contributed by atoms with E-state index in [-0.39, 0.29) is 5.97 Å². The first-order chi connectivity index (χ1) is 13.2. The van der Waals surface area contributed by atoms with Crippen molar-refractivity contribution < 1.29 is 9.53 Å². The minimum absolute atomic E-state index is 0.235. The summed E-state index contributed by atoms with van der Waals surface area (Å²) in [6.07, 6.45) is 11.6. The molecule has 0 aliphatic heterocycles. The predicted octanol–water partition coefficient (Wildman–Crippen LogP) is 5.99. The summed E-state index contributed by atoms with van der Waals surface area (Å²) in [6.45, 7) is 2.25. The maximum atomic E-state index is 11.8. The number of carbonyl (C=O) groups excluding carboxylic acids is 1. The molecule has 0 radical (unpaired) electrons. The molecule has 4 rings (SSSR count). The minimum Gasteiger partial charge on any atom is -0.462 e. The number of aryl methyl sites for hydroxylation is 2. The number of rotatable bonds is 4. The van der Waals surface area contributed by atoms with Crippen molar-refractivity contribution in [2.45, 2.75) is 70.6 Å². The first-order valence-corrected chi connectivity index (χ1v) is 10.6. The summed E-state index contributed by atoms with van der Waals surface area (Å²) in [5.74, 6) is 0.568. The Balaban J connectivity index is 1.59. The normalized spacial score (nSPS) is 16.9. The van der Waals surface area contributed by atoms with E-state index in [1.54, 1.807) is 16.7 Å². The highest BCUT2D eigenvalue weighted by atomic mass is 16.5. The number of carbonyl (C=O) groups is 1. The van der Waals surface area contributed by atoms with E-state index in [9.17, 15) is 4.79 Å². The van der Waals surface area contributed by atoms with Gasteiger partial charge in [0.2, 0.25) is 0 Å². The quantitative estimate of drug-likeness (QED) is 0.624. The van der Waals surface area contributed by atoms with Gasteiger partial charge in [-0.25, -0.2) is 4.79 Å². The molecule has 0 saturated carbocycles. The van der Waals surface area contributed by atoms with Gasteiger partial charge in [0.1, 0.15) is 0 Å². The zero-order chi connectivity index (χ0) is 18.6. The van der Waals surface area contributed by atoms with Crippen LogP contribution in [0.15, 0.2) is 36.4 Å². The molecule has 2 aromatic rings. The summed E-state index contributed by atoms with van der Waals surface area (Å²) >= 11 is 0. The summed E-state index contributed by atoms with van der Waals surface area (Å²) in [7, 11) is 0. The van der Waals surface area contributed by atoms with Crippen LogP contribution < -0.4 is 0 Å². The molecule has 142 valence electrons. The Kier molecular flexibility index (Phi) is 5.61. The number of hydrogen-bond acceptors (Lipinski definition) is 2. The fourth-order valence-electron chi connectivity index (χ4n) is 4.95. The van der Waals surface area contributed by atoms with Crippen LogP contribution in [-0.2, 0) is 24.0 Å². The largest absolute Gasteiger partial charge is 0.462 e.